The minimum absolute atomic E-state index is 0.159. The number of rotatable bonds is 7. The highest BCUT2D eigenvalue weighted by atomic mass is 32.2. The van der Waals surface area contributed by atoms with Crippen molar-refractivity contribution in [2.75, 3.05) is 4.72 Å². The summed E-state index contributed by atoms with van der Waals surface area (Å²) >= 11 is 0. The maximum Gasteiger partial charge on any atom is 0.261 e. The fourth-order valence-electron chi connectivity index (χ4n) is 2.22. The maximum atomic E-state index is 12.5. The Labute approximate surface area is 173 Å². The van der Waals surface area contributed by atoms with E-state index in [9.17, 15) is 13.2 Å². The van der Waals surface area contributed by atoms with E-state index in [1.165, 1.54) is 24.3 Å². The van der Waals surface area contributed by atoms with Crippen molar-refractivity contribution in [3.63, 3.8) is 0 Å². The molecule has 5 nitrogen and oxygen atoms in total. The summed E-state index contributed by atoms with van der Waals surface area (Å²) < 4.78 is 27.5. The second-order valence-electron chi connectivity index (χ2n) is 5.81. The van der Waals surface area contributed by atoms with Crippen LogP contribution in [0.3, 0.4) is 0 Å². The van der Waals surface area contributed by atoms with E-state index in [4.69, 9.17) is 0 Å². The lowest BCUT2D eigenvalue weighted by atomic mass is 10.2. The normalized spacial score (nSPS) is 11.4. The Hall–Kier alpha value is -3.12. The van der Waals surface area contributed by atoms with Crippen LogP contribution in [-0.4, -0.2) is 14.3 Å². The highest BCUT2D eigenvalue weighted by molar-refractivity contribution is 7.92. The number of benzene rings is 2. The van der Waals surface area contributed by atoms with Crippen molar-refractivity contribution in [2.45, 2.75) is 32.6 Å². The average Bonchev–Trinajstić information content (AvgIpc) is 2.72. The standard InChI is InChI=1S/C21H22N2O3S.C2H6/c1-4-6-9-18(5-2)22-21(24)17-8-7-10-19(15-17)23-27(25,26)20-13-11-16(3)12-14-20;1-2/h4-15,23H,2H2,1,3H3,(H,22,24);1-2H3/b6-4-,18-9+;. The number of allylic oxidation sites excluding steroid dienone is 4. The molecule has 2 aromatic carbocycles. The van der Waals surface area contributed by atoms with Crippen LogP contribution in [0, 0.1) is 6.92 Å². The summed E-state index contributed by atoms with van der Waals surface area (Å²) in [5.74, 6) is -0.359. The maximum absolute atomic E-state index is 12.5. The molecule has 154 valence electrons. The van der Waals surface area contributed by atoms with Crippen molar-refractivity contribution in [1.82, 2.24) is 5.32 Å². The van der Waals surface area contributed by atoms with Gasteiger partial charge in [-0.25, -0.2) is 8.42 Å². The van der Waals surface area contributed by atoms with Gasteiger partial charge in [0.1, 0.15) is 0 Å². The van der Waals surface area contributed by atoms with Crippen LogP contribution in [0.2, 0.25) is 0 Å². The molecule has 0 unspecified atom stereocenters. The number of sulfonamides is 1. The van der Waals surface area contributed by atoms with Crippen LogP contribution in [0.5, 0.6) is 0 Å². The quantitative estimate of drug-likeness (QED) is 0.614. The van der Waals surface area contributed by atoms with Gasteiger partial charge in [0.2, 0.25) is 0 Å². The van der Waals surface area contributed by atoms with Crippen molar-refractivity contribution in [2.24, 2.45) is 0 Å². The molecule has 0 aromatic heterocycles. The monoisotopic (exact) mass is 412 g/mol. The molecule has 6 heteroatoms. The average molecular weight is 413 g/mol. The highest BCUT2D eigenvalue weighted by Crippen LogP contribution is 2.18. The van der Waals surface area contributed by atoms with E-state index >= 15 is 0 Å². The summed E-state index contributed by atoms with van der Waals surface area (Å²) in [4.78, 5) is 12.6. The Balaban J connectivity index is 0.00000204. The predicted octanol–water partition coefficient (Wildman–Crippen LogP) is 5.20. The van der Waals surface area contributed by atoms with Gasteiger partial charge >= 0.3 is 0 Å². The van der Waals surface area contributed by atoms with Crippen molar-refractivity contribution in [3.8, 4) is 0 Å². The molecular weight excluding hydrogens is 384 g/mol. The minimum atomic E-state index is -3.73. The molecule has 0 heterocycles. The third kappa shape index (κ3) is 7.43. The first-order chi connectivity index (χ1) is 13.9. The first kappa shape index (κ1) is 23.9. The molecule has 0 fully saturated rings. The second kappa shape index (κ2) is 11.7. The van der Waals surface area contributed by atoms with Crippen molar-refractivity contribution in [1.29, 1.82) is 0 Å². The van der Waals surface area contributed by atoms with Gasteiger partial charge in [0, 0.05) is 16.9 Å². The van der Waals surface area contributed by atoms with Gasteiger partial charge in [-0.2, -0.15) is 0 Å². The van der Waals surface area contributed by atoms with Gasteiger partial charge in [-0.15, -0.1) is 0 Å². The molecule has 0 saturated carbocycles. The number of carbonyl (C=O) groups is 1. The Morgan fingerprint density at radius 3 is 2.31 bits per heavy atom. The molecule has 2 aromatic rings. The van der Waals surface area contributed by atoms with Crippen LogP contribution >= 0.6 is 0 Å². The molecule has 0 bridgehead atoms. The number of hydrogen-bond acceptors (Lipinski definition) is 3. The topological polar surface area (TPSA) is 75.3 Å². The smallest absolute Gasteiger partial charge is 0.261 e. The number of carbonyl (C=O) groups excluding carboxylic acids is 1. The Morgan fingerprint density at radius 2 is 1.72 bits per heavy atom. The minimum Gasteiger partial charge on any atom is -0.322 e. The molecule has 0 aliphatic heterocycles. The molecule has 0 spiro atoms. The SMILES string of the molecule is C=C/C(=C\C=C/C)NC(=O)c1cccc(NS(=O)(=O)c2ccc(C)cc2)c1.CC. The van der Waals surface area contributed by atoms with Crippen LogP contribution in [0.15, 0.2) is 90.0 Å². The number of amides is 1. The zero-order valence-corrected chi connectivity index (χ0v) is 18.1. The van der Waals surface area contributed by atoms with Crippen molar-refractivity contribution in [3.05, 3.63) is 96.2 Å². The van der Waals surface area contributed by atoms with Gasteiger partial charge < -0.3 is 5.32 Å². The summed E-state index contributed by atoms with van der Waals surface area (Å²) in [7, 11) is -3.73. The first-order valence-electron chi connectivity index (χ1n) is 9.32. The first-order valence-corrected chi connectivity index (χ1v) is 10.8. The summed E-state index contributed by atoms with van der Waals surface area (Å²) in [5, 5.41) is 2.72. The lowest BCUT2D eigenvalue weighted by Gasteiger charge is -2.10. The van der Waals surface area contributed by atoms with Gasteiger partial charge in [0.25, 0.3) is 15.9 Å². The molecule has 0 saturated heterocycles. The fourth-order valence-corrected chi connectivity index (χ4v) is 3.27. The lowest BCUT2D eigenvalue weighted by Crippen LogP contribution is -2.22. The van der Waals surface area contributed by atoms with Gasteiger partial charge in [-0.1, -0.05) is 56.3 Å². The third-order valence-corrected chi connectivity index (χ3v) is 5.05. The van der Waals surface area contributed by atoms with E-state index < -0.39 is 10.0 Å². The van der Waals surface area contributed by atoms with Gasteiger partial charge in [0.15, 0.2) is 0 Å². The fraction of sp³-hybridized carbons (Fsp3) is 0.174. The molecule has 29 heavy (non-hydrogen) atoms. The molecule has 0 atom stereocenters. The number of anilines is 1. The zero-order chi connectivity index (χ0) is 21.9. The second-order valence-corrected chi connectivity index (χ2v) is 7.49. The van der Waals surface area contributed by atoms with E-state index in [1.807, 2.05) is 33.8 Å². The van der Waals surface area contributed by atoms with Gasteiger partial charge in [-0.3, -0.25) is 9.52 Å². The van der Waals surface area contributed by atoms with E-state index in [0.29, 0.717) is 16.9 Å². The molecule has 0 radical (unpaired) electrons. The Morgan fingerprint density at radius 1 is 1.07 bits per heavy atom. The van der Waals surface area contributed by atoms with Crippen LogP contribution < -0.4 is 10.0 Å². The van der Waals surface area contributed by atoms with Gasteiger partial charge in [0.05, 0.1) is 4.90 Å². The molecule has 0 aliphatic rings. The van der Waals surface area contributed by atoms with E-state index in [0.717, 1.165) is 5.56 Å². The van der Waals surface area contributed by atoms with Gasteiger partial charge in [-0.05, 0) is 56.3 Å². The summed E-state index contributed by atoms with van der Waals surface area (Å²) in [6.07, 6.45) is 6.86. The van der Waals surface area contributed by atoms with Crippen molar-refractivity contribution >= 4 is 21.6 Å². The molecule has 0 aliphatic carbocycles. The third-order valence-electron chi connectivity index (χ3n) is 3.65. The largest absolute Gasteiger partial charge is 0.322 e. The van der Waals surface area contributed by atoms with E-state index in [2.05, 4.69) is 16.6 Å². The molecule has 1 amide bonds. The van der Waals surface area contributed by atoms with Crippen molar-refractivity contribution < 1.29 is 13.2 Å². The van der Waals surface area contributed by atoms with E-state index in [-0.39, 0.29) is 10.8 Å². The Kier molecular flexibility index (Phi) is 9.62. The molecule has 2 rings (SSSR count). The number of nitrogens with one attached hydrogen (secondary N) is 2. The highest BCUT2D eigenvalue weighted by Gasteiger charge is 2.15. The van der Waals surface area contributed by atoms with Crippen LogP contribution in [0.4, 0.5) is 5.69 Å². The van der Waals surface area contributed by atoms with E-state index in [1.54, 1.807) is 42.5 Å². The number of hydrogen-bond donors (Lipinski definition) is 2. The summed E-state index contributed by atoms with van der Waals surface area (Å²) in [5.41, 5.74) is 2.15. The van der Waals surface area contributed by atoms with Crippen LogP contribution in [0.1, 0.15) is 36.7 Å². The summed E-state index contributed by atoms with van der Waals surface area (Å²) in [6, 6.07) is 12.8. The lowest BCUT2D eigenvalue weighted by molar-refractivity contribution is 0.0967. The predicted molar refractivity (Wildman–Crippen MR) is 120 cm³/mol. The molecule has 2 N–H and O–H groups in total. The molecular formula is C23H28N2O3S. The van der Waals surface area contributed by atoms with Crippen LogP contribution in [0.25, 0.3) is 0 Å². The summed E-state index contributed by atoms with van der Waals surface area (Å²) in [6.45, 7) is 11.4. The number of aryl methyl sites for hydroxylation is 1. The van der Waals surface area contributed by atoms with Crippen LogP contribution in [-0.2, 0) is 10.0 Å². The Bertz CT molecular complexity index is 989. The zero-order valence-electron chi connectivity index (χ0n) is 17.3.